The molecule has 0 bridgehead atoms. The zero-order valence-electron chi connectivity index (χ0n) is 11.1. The predicted octanol–water partition coefficient (Wildman–Crippen LogP) is 1.27. The first-order valence-corrected chi connectivity index (χ1v) is 6.76. The van der Waals surface area contributed by atoms with E-state index in [0.717, 1.165) is 50.7 Å². The maximum absolute atomic E-state index is 5.29. The molecule has 0 saturated heterocycles. The number of aromatic nitrogens is 1. The highest BCUT2D eigenvalue weighted by Crippen LogP contribution is 2.40. The van der Waals surface area contributed by atoms with Crippen LogP contribution >= 0.6 is 0 Å². The van der Waals surface area contributed by atoms with Crippen molar-refractivity contribution in [2.45, 2.75) is 31.7 Å². The van der Waals surface area contributed by atoms with E-state index >= 15 is 0 Å². The molecule has 0 unspecified atom stereocenters. The van der Waals surface area contributed by atoms with Crippen LogP contribution in [0.4, 0.5) is 0 Å². The molecule has 0 atom stereocenters. The largest absolute Gasteiger partial charge is 0.383 e. The molecule has 1 aromatic rings. The third-order valence-corrected chi connectivity index (χ3v) is 3.05. The monoisotopic (exact) mass is 253 g/mol. The summed E-state index contributed by atoms with van der Waals surface area (Å²) in [5.41, 5.74) is 1.02. The standard InChI is InChI=1S/C13H23N3O2/c1-17-8-7-14-5-2-6-15-10-12-9-13(18-16-12)11-3-4-11/h9,11,14-15H,2-8,10H2,1H3. The molecule has 1 aromatic heterocycles. The van der Waals surface area contributed by atoms with Gasteiger partial charge in [-0.15, -0.1) is 0 Å². The average Bonchev–Trinajstić information content (AvgIpc) is 3.13. The molecule has 2 N–H and O–H groups in total. The van der Waals surface area contributed by atoms with Gasteiger partial charge in [0.1, 0.15) is 5.76 Å². The smallest absolute Gasteiger partial charge is 0.140 e. The Labute approximate surface area is 108 Å². The SMILES string of the molecule is COCCNCCCNCc1cc(C2CC2)on1. The molecule has 2 rings (SSSR count). The molecule has 1 saturated carbocycles. The summed E-state index contributed by atoms with van der Waals surface area (Å²) in [7, 11) is 1.72. The van der Waals surface area contributed by atoms with E-state index in [1.54, 1.807) is 7.11 Å². The second kappa shape index (κ2) is 7.51. The van der Waals surface area contributed by atoms with Gasteiger partial charge in [0.2, 0.25) is 0 Å². The molecule has 1 fully saturated rings. The minimum absolute atomic E-state index is 0.649. The van der Waals surface area contributed by atoms with E-state index in [1.165, 1.54) is 12.8 Å². The van der Waals surface area contributed by atoms with Crippen LogP contribution in [0.2, 0.25) is 0 Å². The van der Waals surface area contributed by atoms with E-state index in [-0.39, 0.29) is 0 Å². The van der Waals surface area contributed by atoms with E-state index in [0.29, 0.717) is 5.92 Å². The Bertz CT molecular complexity index is 337. The predicted molar refractivity (Wildman–Crippen MR) is 69.5 cm³/mol. The van der Waals surface area contributed by atoms with Crippen molar-refractivity contribution in [1.29, 1.82) is 0 Å². The summed E-state index contributed by atoms with van der Waals surface area (Å²) in [5.74, 6) is 1.71. The molecule has 0 amide bonds. The number of rotatable bonds is 10. The van der Waals surface area contributed by atoms with E-state index in [2.05, 4.69) is 21.9 Å². The Morgan fingerprint density at radius 1 is 1.33 bits per heavy atom. The number of methoxy groups -OCH3 is 1. The molecule has 0 spiro atoms. The number of nitrogens with zero attached hydrogens (tertiary/aromatic N) is 1. The zero-order valence-corrected chi connectivity index (χ0v) is 11.1. The van der Waals surface area contributed by atoms with Crippen molar-refractivity contribution in [1.82, 2.24) is 15.8 Å². The first-order valence-electron chi connectivity index (χ1n) is 6.76. The van der Waals surface area contributed by atoms with Crippen molar-refractivity contribution in [3.8, 4) is 0 Å². The van der Waals surface area contributed by atoms with Crippen LogP contribution in [-0.4, -0.2) is 38.5 Å². The maximum Gasteiger partial charge on any atom is 0.140 e. The highest BCUT2D eigenvalue weighted by atomic mass is 16.5. The summed E-state index contributed by atoms with van der Waals surface area (Å²) in [6, 6.07) is 2.08. The van der Waals surface area contributed by atoms with Crippen molar-refractivity contribution in [2.75, 3.05) is 33.4 Å². The van der Waals surface area contributed by atoms with Crippen LogP contribution in [0.5, 0.6) is 0 Å². The Morgan fingerprint density at radius 3 is 2.94 bits per heavy atom. The zero-order chi connectivity index (χ0) is 12.6. The van der Waals surface area contributed by atoms with Gasteiger partial charge >= 0.3 is 0 Å². The van der Waals surface area contributed by atoms with Gasteiger partial charge in [0.25, 0.3) is 0 Å². The molecule has 5 nitrogen and oxygen atoms in total. The molecule has 1 heterocycles. The maximum atomic E-state index is 5.29. The average molecular weight is 253 g/mol. The fraction of sp³-hybridized carbons (Fsp3) is 0.769. The van der Waals surface area contributed by atoms with Gasteiger partial charge in [-0.25, -0.2) is 0 Å². The van der Waals surface area contributed by atoms with Crippen LogP contribution in [0.15, 0.2) is 10.6 Å². The lowest BCUT2D eigenvalue weighted by molar-refractivity contribution is 0.199. The van der Waals surface area contributed by atoms with Crippen molar-refractivity contribution in [3.05, 3.63) is 17.5 Å². The topological polar surface area (TPSA) is 59.3 Å². The van der Waals surface area contributed by atoms with Gasteiger partial charge < -0.3 is 19.9 Å². The number of hydrogen-bond donors (Lipinski definition) is 2. The molecular weight excluding hydrogens is 230 g/mol. The second-order valence-corrected chi connectivity index (χ2v) is 4.77. The van der Waals surface area contributed by atoms with Crippen LogP contribution in [0.25, 0.3) is 0 Å². The molecule has 0 aliphatic heterocycles. The van der Waals surface area contributed by atoms with Gasteiger partial charge in [-0.3, -0.25) is 0 Å². The van der Waals surface area contributed by atoms with E-state index in [1.807, 2.05) is 0 Å². The lowest BCUT2D eigenvalue weighted by atomic mass is 10.3. The molecular formula is C13H23N3O2. The summed E-state index contributed by atoms with van der Waals surface area (Å²) in [4.78, 5) is 0. The third kappa shape index (κ3) is 4.76. The molecule has 0 aromatic carbocycles. The van der Waals surface area contributed by atoms with Gasteiger partial charge in [0.15, 0.2) is 0 Å². The van der Waals surface area contributed by atoms with Gasteiger partial charge in [-0.1, -0.05) is 5.16 Å². The minimum Gasteiger partial charge on any atom is -0.383 e. The number of hydrogen-bond acceptors (Lipinski definition) is 5. The Kier molecular flexibility index (Phi) is 5.64. The van der Waals surface area contributed by atoms with Crippen molar-refractivity contribution < 1.29 is 9.26 Å². The van der Waals surface area contributed by atoms with Crippen molar-refractivity contribution >= 4 is 0 Å². The van der Waals surface area contributed by atoms with E-state index in [9.17, 15) is 0 Å². The lowest BCUT2D eigenvalue weighted by Crippen LogP contribution is -2.24. The van der Waals surface area contributed by atoms with Crippen molar-refractivity contribution in [2.24, 2.45) is 0 Å². The number of ether oxygens (including phenoxy) is 1. The molecule has 0 radical (unpaired) electrons. The molecule has 5 heteroatoms. The van der Waals surface area contributed by atoms with Crippen LogP contribution in [-0.2, 0) is 11.3 Å². The number of nitrogens with one attached hydrogen (secondary N) is 2. The van der Waals surface area contributed by atoms with Gasteiger partial charge in [0.05, 0.1) is 12.3 Å². The highest BCUT2D eigenvalue weighted by molar-refractivity contribution is 5.14. The summed E-state index contributed by atoms with van der Waals surface area (Å²) in [6.45, 7) is 4.50. The molecule has 18 heavy (non-hydrogen) atoms. The Balaban J connectivity index is 1.47. The summed E-state index contributed by atoms with van der Waals surface area (Å²) >= 11 is 0. The Hall–Kier alpha value is -0.910. The van der Waals surface area contributed by atoms with Gasteiger partial charge in [-0.05, 0) is 32.4 Å². The van der Waals surface area contributed by atoms with Gasteiger partial charge in [0, 0.05) is 32.2 Å². The van der Waals surface area contributed by atoms with Gasteiger partial charge in [-0.2, -0.15) is 0 Å². The molecule has 102 valence electrons. The first kappa shape index (κ1) is 13.5. The summed E-state index contributed by atoms with van der Waals surface area (Å²) in [6.07, 6.45) is 3.63. The Morgan fingerprint density at radius 2 is 2.17 bits per heavy atom. The lowest BCUT2D eigenvalue weighted by Gasteiger charge is -2.04. The van der Waals surface area contributed by atoms with E-state index < -0.39 is 0 Å². The summed E-state index contributed by atoms with van der Waals surface area (Å²) < 4.78 is 10.3. The van der Waals surface area contributed by atoms with Crippen molar-refractivity contribution in [3.63, 3.8) is 0 Å². The van der Waals surface area contributed by atoms with E-state index in [4.69, 9.17) is 9.26 Å². The fourth-order valence-corrected chi connectivity index (χ4v) is 1.83. The van der Waals surface area contributed by atoms with Crippen LogP contribution in [0.3, 0.4) is 0 Å². The summed E-state index contributed by atoms with van der Waals surface area (Å²) in [5, 5.41) is 10.8. The molecule has 1 aliphatic rings. The normalized spacial score (nSPS) is 15.2. The minimum atomic E-state index is 0.649. The van der Waals surface area contributed by atoms with Crippen LogP contribution in [0.1, 0.15) is 36.6 Å². The quantitative estimate of drug-likeness (QED) is 0.615. The second-order valence-electron chi connectivity index (χ2n) is 4.77. The first-order chi connectivity index (χ1) is 8.90. The van der Waals surface area contributed by atoms with Crippen LogP contribution in [0, 0.1) is 0 Å². The third-order valence-electron chi connectivity index (χ3n) is 3.05. The van der Waals surface area contributed by atoms with Crippen LogP contribution < -0.4 is 10.6 Å². The fourth-order valence-electron chi connectivity index (χ4n) is 1.83. The molecule has 1 aliphatic carbocycles. The highest BCUT2D eigenvalue weighted by Gasteiger charge is 2.27.